The molecule has 1 aromatic carbocycles. The number of aryl methyl sites for hydroxylation is 1. The Morgan fingerprint density at radius 1 is 1.07 bits per heavy atom. The molecular formula is C21H20N4O2S. The van der Waals surface area contributed by atoms with E-state index in [2.05, 4.69) is 39.7 Å². The summed E-state index contributed by atoms with van der Waals surface area (Å²) in [6.07, 6.45) is 4.39. The van der Waals surface area contributed by atoms with Crippen molar-refractivity contribution in [3.8, 4) is 11.4 Å². The maximum atomic E-state index is 12.0. The topological polar surface area (TPSA) is 73.8 Å². The molecule has 0 unspecified atom stereocenters. The minimum absolute atomic E-state index is 0.328. The van der Waals surface area contributed by atoms with Crippen molar-refractivity contribution in [2.75, 3.05) is 0 Å². The van der Waals surface area contributed by atoms with Gasteiger partial charge in [0, 0.05) is 41.7 Å². The standard InChI is InChI=1S/C21H20N4O2S/c1-3-14-5-6-17-16(12-19(26)27-18(17)11-14)13-28-21-24-23-20(25(21)4-2)15-7-9-22-10-8-15/h5-12H,3-4,13H2,1-2H3. The number of nitrogens with zero attached hydrogens (tertiary/aromatic N) is 4. The summed E-state index contributed by atoms with van der Waals surface area (Å²) >= 11 is 1.57. The summed E-state index contributed by atoms with van der Waals surface area (Å²) in [7, 11) is 0. The van der Waals surface area contributed by atoms with Gasteiger partial charge < -0.3 is 8.98 Å². The zero-order chi connectivity index (χ0) is 19.5. The zero-order valence-corrected chi connectivity index (χ0v) is 16.6. The van der Waals surface area contributed by atoms with Crippen LogP contribution in [0.3, 0.4) is 0 Å². The minimum atomic E-state index is -0.328. The number of hydrogen-bond donors (Lipinski definition) is 0. The van der Waals surface area contributed by atoms with Crippen LogP contribution in [-0.4, -0.2) is 19.7 Å². The second kappa shape index (κ2) is 7.98. The summed E-state index contributed by atoms with van der Waals surface area (Å²) < 4.78 is 7.47. The van der Waals surface area contributed by atoms with Gasteiger partial charge >= 0.3 is 5.63 Å². The first-order chi connectivity index (χ1) is 13.7. The second-order valence-electron chi connectivity index (χ2n) is 6.35. The minimum Gasteiger partial charge on any atom is -0.423 e. The molecule has 0 atom stereocenters. The SMILES string of the molecule is CCc1ccc2c(CSc3nnc(-c4ccncc4)n3CC)cc(=O)oc2c1. The molecule has 0 saturated heterocycles. The largest absolute Gasteiger partial charge is 0.423 e. The normalized spacial score (nSPS) is 11.2. The molecule has 3 aromatic heterocycles. The quantitative estimate of drug-likeness (QED) is 0.359. The van der Waals surface area contributed by atoms with E-state index in [4.69, 9.17) is 4.42 Å². The van der Waals surface area contributed by atoms with E-state index in [1.54, 1.807) is 30.2 Å². The highest BCUT2D eigenvalue weighted by molar-refractivity contribution is 7.98. The van der Waals surface area contributed by atoms with Crippen LogP contribution in [0.25, 0.3) is 22.4 Å². The second-order valence-corrected chi connectivity index (χ2v) is 7.29. The van der Waals surface area contributed by atoms with Crippen LogP contribution in [0.5, 0.6) is 0 Å². The van der Waals surface area contributed by atoms with E-state index >= 15 is 0 Å². The number of aromatic nitrogens is 4. The molecule has 0 saturated carbocycles. The van der Waals surface area contributed by atoms with Crippen molar-refractivity contribution in [1.29, 1.82) is 0 Å². The van der Waals surface area contributed by atoms with Crippen LogP contribution < -0.4 is 5.63 Å². The molecule has 6 nitrogen and oxygen atoms in total. The number of thioether (sulfide) groups is 1. The molecule has 0 spiro atoms. The number of rotatable bonds is 6. The summed E-state index contributed by atoms with van der Waals surface area (Å²) in [6, 6.07) is 11.5. The van der Waals surface area contributed by atoms with Gasteiger partial charge in [-0.05, 0) is 42.7 Å². The van der Waals surface area contributed by atoms with E-state index in [1.807, 2.05) is 24.3 Å². The number of hydrogen-bond acceptors (Lipinski definition) is 6. The first-order valence-corrected chi connectivity index (χ1v) is 10.2. The first-order valence-electron chi connectivity index (χ1n) is 9.21. The highest BCUT2D eigenvalue weighted by Gasteiger charge is 2.14. The lowest BCUT2D eigenvalue weighted by atomic mass is 10.1. The van der Waals surface area contributed by atoms with Gasteiger partial charge in [-0.15, -0.1) is 10.2 Å². The van der Waals surface area contributed by atoms with Crippen LogP contribution in [0.1, 0.15) is 25.0 Å². The van der Waals surface area contributed by atoms with Crippen molar-refractivity contribution >= 4 is 22.7 Å². The van der Waals surface area contributed by atoms with Gasteiger partial charge in [-0.1, -0.05) is 30.8 Å². The molecule has 0 aliphatic rings. The van der Waals surface area contributed by atoms with Crippen LogP contribution in [0.4, 0.5) is 0 Å². The van der Waals surface area contributed by atoms with Crippen molar-refractivity contribution in [1.82, 2.24) is 19.7 Å². The predicted molar refractivity (Wildman–Crippen MR) is 110 cm³/mol. The van der Waals surface area contributed by atoms with E-state index in [0.717, 1.165) is 46.0 Å². The number of benzene rings is 1. The van der Waals surface area contributed by atoms with Crippen molar-refractivity contribution in [3.63, 3.8) is 0 Å². The molecule has 0 radical (unpaired) electrons. The molecule has 142 valence electrons. The fourth-order valence-corrected chi connectivity index (χ4v) is 4.14. The molecule has 0 fully saturated rings. The Morgan fingerprint density at radius 2 is 1.89 bits per heavy atom. The highest BCUT2D eigenvalue weighted by atomic mass is 32.2. The Bertz CT molecular complexity index is 1170. The maximum absolute atomic E-state index is 12.0. The van der Waals surface area contributed by atoms with Crippen molar-refractivity contribution < 1.29 is 4.42 Å². The molecule has 0 aliphatic carbocycles. The van der Waals surface area contributed by atoms with Gasteiger partial charge in [0.05, 0.1) is 0 Å². The van der Waals surface area contributed by atoms with E-state index in [-0.39, 0.29) is 5.63 Å². The molecule has 0 bridgehead atoms. The predicted octanol–water partition coefficient (Wildman–Crippen LogP) is 4.32. The molecule has 0 N–H and O–H groups in total. The molecule has 4 aromatic rings. The average Bonchev–Trinajstić information content (AvgIpc) is 3.14. The average molecular weight is 392 g/mol. The van der Waals surface area contributed by atoms with Gasteiger partial charge in [-0.3, -0.25) is 4.98 Å². The lowest BCUT2D eigenvalue weighted by Crippen LogP contribution is -2.02. The lowest BCUT2D eigenvalue weighted by Gasteiger charge is -2.08. The first kappa shape index (κ1) is 18.4. The van der Waals surface area contributed by atoms with Gasteiger partial charge in [0.2, 0.25) is 0 Å². The Kier molecular flexibility index (Phi) is 5.25. The maximum Gasteiger partial charge on any atom is 0.336 e. The monoisotopic (exact) mass is 392 g/mol. The van der Waals surface area contributed by atoms with Crippen LogP contribution in [0, 0.1) is 0 Å². The molecule has 4 rings (SSSR count). The Morgan fingerprint density at radius 3 is 2.64 bits per heavy atom. The van der Waals surface area contributed by atoms with E-state index < -0.39 is 0 Å². The third-order valence-corrected chi connectivity index (χ3v) is 5.65. The van der Waals surface area contributed by atoms with Crippen molar-refractivity contribution in [2.24, 2.45) is 0 Å². The zero-order valence-electron chi connectivity index (χ0n) is 15.8. The summed E-state index contributed by atoms with van der Waals surface area (Å²) in [4.78, 5) is 16.1. The van der Waals surface area contributed by atoms with Crippen molar-refractivity contribution in [2.45, 2.75) is 37.7 Å². The Labute approximate surface area is 166 Å². The van der Waals surface area contributed by atoms with Crippen LogP contribution >= 0.6 is 11.8 Å². The summed E-state index contributed by atoms with van der Waals surface area (Å²) in [5, 5.41) is 10.5. The summed E-state index contributed by atoms with van der Waals surface area (Å²) in [6.45, 7) is 4.90. The summed E-state index contributed by atoms with van der Waals surface area (Å²) in [5.41, 5.74) is 3.37. The van der Waals surface area contributed by atoms with Gasteiger partial charge in [0.25, 0.3) is 0 Å². The lowest BCUT2D eigenvalue weighted by molar-refractivity contribution is 0.559. The van der Waals surface area contributed by atoms with Gasteiger partial charge in [0.15, 0.2) is 11.0 Å². The van der Waals surface area contributed by atoms with Crippen LogP contribution in [0.15, 0.2) is 63.2 Å². The molecule has 0 aliphatic heterocycles. The van der Waals surface area contributed by atoms with E-state index in [0.29, 0.717) is 11.3 Å². The van der Waals surface area contributed by atoms with E-state index in [1.165, 1.54) is 0 Å². The van der Waals surface area contributed by atoms with Gasteiger partial charge in [-0.2, -0.15) is 0 Å². The van der Waals surface area contributed by atoms with Crippen LogP contribution in [-0.2, 0) is 18.7 Å². The molecule has 28 heavy (non-hydrogen) atoms. The molecule has 0 amide bonds. The van der Waals surface area contributed by atoms with Crippen LogP contribution in [0.2, 0.25) is 0 Å². The molecule has 3 heterocycles. The third kappa shape index (κ3) is 3.57. The van der Waals surface area contributed by atoms with Gasteiger partial charge in [-0.25, -0.2) is 4.79 Å². The highest BCUT2D eigenvalue weighted by Crippen LogP contribution is 2.28. The Balaban J connectivity index is 1.65. The smallest absolute Gasteiger partial charge is 0.336 e. The number of pyridine rings is 1. The fourth-order valence-electron chi connectivity index (χ4n) is 3.15. The molecule has 7 heteroatoms. The molecular weight excluding hydrogens is 372 g/mol. The van der Waals surface area contributed by atoms with E-state index in [9.17, 15) is 4.79 Å². The summed E-state index contributed by atoms with van der Waals surface area (Å²) in [5.74, 6) is 1.43. The van der Waals surface area contributed by atoms with Crippen molar-refractivity contribution in [3.05, 3.63) is 70.3 Å². The fraction of sp³-hybridized carbons (Fsp3) is 0.238. The number of fused-ring (bicyclic) bond motifs is 1. The third-order valence-electron chi connectivity index (χ3n) is 4.63. The van der Waals surface area contributed by atoms with Gasteiger partial charge in [0.1, 0.15) is 5.58 Å². The Hall–Kier alpha value is -2.93.